The Kier molecular flexibility index (Phi) is 2.57. The van der Waals surface area contributed by atoms with E-state index in [0.29, 0.717) is 6.29 Å². The minimum Gasteiger partial charge on any atom is -0.421 e. The van der Waals surface area contributed by atoms with E-state index in [1.807, 2.05) is 0 Å². The van der Waals surface area contributed by atoms with Crippen LogP contribution in [0.15, 0.2) is 16.6 Å². The van der Waals surface area contributed by atoms with Crippen molar-refractivity contribution in [3.05, 3.63) is 22.2 Å². The molecule has 92 valence electrons. The molecule has 0 amide bonds. The maximum Gasteiger partial charge on any atom is 0.507 e. The predicted molar refractivity (Wildman–Crippen MR) is 50.7 cm³/mol. The normalized spacial score (nSPS) is 19.8. The van der Waals surface area contributed by atoms with Crippen LogP contribution in [0.5, 0.6) is 11.5 Å². The number of ether oxygens (including phenoxy) is 2. The van der Waals surface area contributed by atoms with Crippen LogP contribution in [0, 0.1) is 0 Å². The van der Waals surface area contributed by atoms with Crippen LogP contribution in [0.1, 0.15) is 10.4 Å². The smallest absolute Gasteiger partial charge is 0.421 e. The summed E-state index contributed by atoms with van der Waals surface area (Å²) in [5.74, 6) is -1.19. The molecule has 1 aromatic rings. The lowest BCUT2D eigenvalue weighted by atomic mass is 10.2. The maximum atomic E-state index is 12.8. The molecule has 0 unspecified atom stereocenters. The molecule has 0 saturated carbocycles. The van der Waals surface area contributed by atoms with Gasteiger partial charge in [0.05, 0.1) is 0 Å². The first-order valence-corrected chi connectivity index (χ1v) is 4.98. The van der Waals surface area contributed by atoms with Crippen LogP contribution in [0.2, 0.25) is 0 Å². The van der Waals surface area contributed by atoms with Gasteiger partial charge in [-0.3, -0.25) is 4.79 Å². The summed E-state index contributed by atoms with van der Waals surface area (Å²) in [7, 11) is 0. The molecule has 2 rings (SSSR count). The molecule has 1 aromatic carbocycles. The van der Waals surface area contributed by atoms with Crippen LogP contribution >= 0.6 is 15.9 Å². The molecule has 0 aliphatic carbocycles. The van der Waals surface area contributed by atoms with Crippen LogP contribution in [-0.4, -0.2) is 18.5 Å². The molecule has 0 radical (unpaired) electrons. The second kappa shape index (κ2) is 3.59. The Morgan fingerprint density at radius 2 is 1.53 bits per heavy atom. The van der Waals surface area contributed by atoms with Crippen molar-refractivity contribution in [1.82, 2.24) is 0 Å². The second-order valence-electron chi connectivity index (χ2n) is 3.18. The van der Waals surface area contributed by atoms with E-state index in [1.165, 1.54) is 0 Å². The molecule has 0 spiro atoms. The summed E-state index contributed by atoms with van der Waals surface area (Å²) >= 11 is 2.90. The number of carbonyl (C=O) groups is 1. The van der Waals surface area contributed by atoms with Gasteiger partial charge >= 0.3 is 12.2 Å². The number of hydrogen-bond acceptors (Lipinski definition) is 3. The number of hydrogen-bond donors (Lipinski definition) is 0. The van der Waals surface area contributed by atoms with Crippen LogP contribution in [0.4, 0.5) is 17.6 Å². The lowest BCUT2D eigenvalue weighted by Crippen LogP contribution is -2.52. The second-order valence-corrected chi connectivity index (χ2v) is 4.03. The van der Waals surface area contributed by atoms with E-state index in [4.69, 9.17) is 0 Å². The van der Waals surface area contributed by atoms with Crippen molar-refractivity contribution < 1.29 is 31.8 Å². The van der Waals surface area contributed by atoms with Crippen molar-refractivity contribution in [3.63, 3.8) is 0 Å². The maximum absolute atomic E-state index is 12.8. The third-order valence-corrected chi connectivity index (χ3v) is 2.69. The Morgan fingerprint density at radius 1 is 1.06 bits per heavy atom. The fourth-order valence-corrected chi connectivity index (χ4v) is 1.61. The van der Waals surface area contributed by atoms with E-state index in [2.05, 4.69) is 25.4 Å². The average molecular weight is 315 g/mol. The summed E-state index contributed by atoms with van der Waals surface area (Å²) in [5.41, 5.74) is -0.0200. The summed E-state index contributed by atoms with van der Waals surface area (Å²) in [6, 6.07) is 1.85. The van der Waals surface area contributed by atoms with Crippen molar-refractivity contribution in [2.45, 2.75) is 12.2 Å². The molecule has 1 heterocycles. The van der Waals surface area contributed by atoms with Crippen LogP contribution in [0.3, 0.4) is 0 Å². The van der Waals surface area contributed by atoms with Gasteiger partial charge in [0.25, 0.3) is 0 Å². The predicted octanol–water partition coefficient (Wildman–Crippen LogP) is 3.22. The number of carbonyl (C=O) groups excluding carboxylic acids is 1. The molecule has 0 bridgehead atoms. The fraction of sp³-hybridized carbons (Fsp3) is 0.222. The molecule has 1 aliphatic rings. The summed E-state index contributed by atoms with van der Waals surface area (Å²) in [5, 5.41) is 0. The monoisotopic (exact) mass is 314 g/mol. The molecule has 0 saturated heterocycles. The van der Waals surface area contributed by atoms with Crippen LogP contribution in [-0.2, 0) is 0 Å². The van der Waals surface area contributed by atoms with Gasteiger partial charge in [0.2, 0.25) is 0 Å². The summed E-state index contributed by atoms with van der Waals surface area (Å²) in [6.45, 7) is 0. The van der Waals surface area contributed by atoms with Crippen molar-refractivity contribution in [3.8, 4) is 11.5 Å². The quantitative estimate of drug-likeness (QED) is 0.590. The van der Waals surface area contributed by atoms with Crippen LogP contribution in [0.25, 0.3) is 0 Å². The molecular weight excluding hydrogens is 312 g/mol. The number of alkyl halides is 4. The van der Waals surface area contributed by atoms with Gasteiger partial charge in [-0.15, -0.1) is 0 Å². The topological polar surface area (TPSA) is 35.5 Å². The molecule has 1 aliphatic heterocycles. The van der Waals surface area contributed by atoms with Crippen molar-refractivity contribution >= 4 is 22.2 Å². The molecular formula is C9H3BrF4O3. The number of aldehydes is 1. The van der Waals surface area contributed by atoms with E-state index in [-0.39, 0.29) is 10.0 Å². The Labute approximate surface area is 100 Å². The fourth-order valence-electron chi connectivity index (χ4n) is 1.20. The van der Waals surface area contributed by atoms with E-state index in [9.17, 15) is 22.4 Å². The highest BCUT2D eigenvalue weighted by atomic mass is 79.9. The van der Waals surface area contributed by atoms with Gasteiger partial charge in [-0.05, 0) is 28.1 Å². The summed E-state index contributed by atoms with van der Waals surface area (Å²) in [6.07, 6.45) is -9.19. The number of benzene rings is 1. The zero-order valence-electron chi connectivity index (χ0n) is 7.85. The SMILES string of the molecule is O=Cc1cc2c(cc1Br)OC(F)(F)C(F)(F)O2. The highest BCUT2D eigenvalue weighted by Crippen LogP contribution is 2.48. The number of rotatable bonds is 1. The van der Waals surface area contributed by atoms with E-state index < -0.39 is 23.7 Å². The van der Waals surface area contributed by atoms with Crippen LogP contribution < -0.4 is 9.47 Å². The molecule has 0 atom stereocenters. The average Bonchev–Trinajstić information content (AvgIpc) is 2.19. The first-order chi connectivity index (χ1) is 7.77. The number of fused-ring (bicyclic) bond motifs is 1. The molecule has 0 aromatic heterocycles. The Balaban J connectivity index is 2.54. The Hall–Kier alpha value is -1.31. The largest absolute Gasteiger partial charge is 0.507 e. The van der Waals surface area contributed by atoms with Gasteiger partial charge in [-0.2, -0.15) is 17.6 Å². The third-order valence-electron chi connectivity index (χ3n) is 2.01. The van der Waals surface area contributed by atoms with Gasteiger partial charge in [-0.25, -0.2) is 0 Å². The first-order valence-electron chi connectivity index (χ1n) is 4.19. The summed E-state index contributed by atoms with van der Waals surface area (Å²) in [4.78, 5) is 10.5. The van der Waals surface area contributed by atoms with E-state index >= 15 is 0 Å². The van der Waals surface area contributed by atoms with Gasteiger partial charge in [0.1, 0.15) is 0 Å². The lowest BCUT2D eigenvalue weighted by Gasteiger charge is -2.32. The molecule has 8 heteroatoms. The first kappa shape index (κ1) is 12.2. The summed E-state index contributed by atoms with van der Waals surface area (Å²) < 4.78 is 59.0. The molecule has 0 N–H and O–H groups in total. The van der Waals surface area contributed by atoms with E-state index in [0.717, 1.165) is 12.1 Å². The van der Waals surface area contributed by atoms with Gasteiger partial charge in [0.15, 0.2) is 17.8 Å². The number of halogens is 5. The zero-order chi connectivity index (χ0) is 12.8. The van der Waals surface area contributed by atoms with E-state index in [1.54, 1.807) is 0 Å². The lowest BCUT2D eigenvalue weighted by molar-refractivity contribution is -0.391. The standard InChI is InChI=1S/C9H3BrF4O3/c10-5-2-7-6(1-4(5)3-15)16-8(11,12)9(13,14)17-7/h1-3H. The minimum atomic E-state index is -4.78. The molecule has 17 heavy (non-hydrogen) atoms. The minimum absolute atomic E-state index is 0.0200. The highest BCUT2D eigenvalue weighted by molar-refractivity contribution is 9.10. The molecule has 0 fully saturated rings. The van der Waals surface area contributed by atoms with Gasteiger partial charge in [0, 0.05) is 10.0 Å². The van der Waals surface area contributed by atoms with Crippen molar-refractivity contribution in [2.75, 3.05) is 0 Å². The third kappa shape index (κ3) is 1.86. The zero-order valence-corrected chi connectivity index (χ0v) is 9.43. The Bertz CT molecular complexity index is 489. The van der Waals surface area contributed by atoms with Gasteiger partial charge < -0.3 is 9.47 Å². The van der Waals surface area contributed by atoms with Gasteiger partial charge in [-0.1, -0.05) is 0 Å². The van der Waals surface area contributed by atoms with Crippen molar-refractivity contribution in [2.24, 2.45) is 0 Å². The molecule has 3 nitrogen and oxygen atoms in total. The Morgan fingerprint density at radius 3 is 2.00 bits per heavy atom. The highest BCUT2D eigenvalue weighted by Gasteiger charge is 2.66. The van der Waals surface area contributed by atoms with Crippen molar-refractivity contribution in [1.29, 1.82) is 0 Å².